The van der Waals surface area contributed by atoms with Crippen LogP contribution in [0.15, 0.2) is 36.5 Å². The average molecular weight is 409 g/mol. The molecule has 158 valence electrons. The van der Waals surface area contributed by atoms with Gasteiger partial charge in [0.1, 0.15) is 17.3 Å². The summed E-state index contributed by atoms with van der Waals surface area (Å²) in [4.78, 5) is 22.7. The molecule has 0 aliphatic carbocycles. The van der Waals surface area contributed by atoms with E-state index in [0.717, 1.165) is 56.4 Å². The number of benzene rings is 1. The van der Waals surface area contributed by atoms with Gasteiger partial charge in [-0.2, -0.15) is 0 Å². The minimum atomic E-state index is 0.0724. The summed E-state index contributed by atoms with van der Waals surface area (Å²) in [6, 6.07) is 9.43. The van der Waals surface area contributed by atoms with Gasteiger partial charge in [0, 0.05) is 58.0 Å². The second kappa shape index (κ2) is 9.23. The number of rotatable bonds is 8. The lowest BCUT2D eigenvalue weighted by Crippen LogP contribution is -2.39. The molecule has 4 rings (SSSR count). The monoisotopic (exact) mass is 409 g/mol. The molecule has 0 saturated carbocycles. The Balaban J connectivity index is 1.43. The van der Waals surface area contributed by atoms with Crippen LogP contribution in [0.1, 0.15) is 12.6 Å². The van der Waals surface area contributed by atoms with Crippen molar-refractivity contribution in [3.8, 4) is 11.5 Å². The summed E-state index contributed by atoms with van der Waals surface area (Å²) in [6.07, 6.45) is 1.96. The van der Waals surface area contributed by atoms with Gasteiger partial charge in [0.2, 0.25) is 5.95 Å². The number of anilines is 1. The van der Waals surface area contributed by atoms with Gasteiger partial charge in [0.25, 0.3) is 0 Å². The third kappa shape index (κ3) is 4.95. The topological polar surface area (TPSA) is 81.5 Å². The van der Waals surface area contributed by atoms with Gasteiger partial charge >= 0.3 is 0 Å². The van der Waals surface area contributed by atoms with Crippen LogP contribution in [0.25, 0.3) is 11.0 Å². The van der Waals surface area contributed by atoms with Crippen molar-refractivity contribution < 1.29 is 14.3 Å². The number of Topliss-reactive ketones (excluding diaryl/α,β-unsaturated/α-hetero) is 1. The number of ether oxygens (including phenoxy) is 2. The number of fused-ring (bicyclic) bond motifs is 1. The molecule has 1 aliphatic rings. The number of hydrogen-bond donors (Lipinski definition) is 1. The number of morpholine rings is 1. The molecule has 0 unspecified atom stereocenters. The van der Waals surface area contributed by atoms with Crippen LogP contribution in [0.5, 0.6) is 11.5 Å². The SMILES string of the molecule is CC(=O)Cc1cc(Oc2ccc3c(c2)nc(NCCN2CCOCC2)n3C)ccn1. The van der Waals surface area contributed by atoms with Crippen molar-refractivity contribution in [2.75, 3.05) is 44.7 Å². The van der Waals surface area contributed by atoms with Crippen molar-refractivity contribution in [1.29, 1.82) is 0 Å². The minimum absolute atomic E-state index is 0.0724. The lowest BCUT2D eigenvalue weighted by molar-refractivity contribution is -0.116. The van der Waals surface area contributed by atoms with E-state index in [4.69, 9.17) is 14.5 Å². The molecule has 0 radical (unpaired) electrons. The van der Waals surface area contributed by atoms with Crippen LogP contribution >= 0.6 is 0 Å². The van der Waals surface area contributed by atoms with Gasteiger partial charge in [-0.15, -0.1) is 0 Å². The fourth-order valence-corrected chi connectivity index (χ4v) is 3.56. The van der Waals surface area contributed by atoms with E-state index in [9.17, 15) is 4.79 Å². The fourth-order valence-electron chi connectivity index (χ4n) is 3.56. The lowest BCUT2D eigenvalue weighted by atomic mass is 10.2. The normalized spacial score (nSPS) is 14.7. The summed E-state index contributed by atoms with van der Waals surface area (Å²) >= 11 is 0. The molecule has 1 aliphatic heterocycles. The summed E-state index contributed by atoms with van der Waals surface area (Å²) in [7, 11) is 2.00. The molecule has 0 spiro atoms. The number of aryl methyl sites for hydroxylation is 1. The smallest absolute Gasteiger partial charge is 0.203 e. The molecule has 0 atom stereocenters. The standard InChI is InChI=1S/C22H27N5O3/c1-16(28)13-17-14-19(5-6-23-17)30-18-3-4-21-20(15-18)25-22(26(21)2)24-7-8-27-9-11-29-12-10-27/h3-6,14-15H,7-13H2,1-2H3,(H,24,25). The van der Waals surface area contributed by atoms with E-state index < -0.39 is 0 Å². The maximum Gasteiger partial charge on any atom is 0.203 e. The maximum absolute atomic E-state index is 11.3. The largest absolute Gasteiger partial charge is 0.457 e. The molecule has 1 fully saturated rings. The van der Waals surface area contributed by atoms with Gasteiger partial charge < -0.3 is 19.4 Å². The van der Waals surface area contributed by atoms with E-state index >= 15 is 0 Å². The Labute approximate surface area is 175 Å². The molecular weight excluding hydrogens is 382 g/mol. The number of imidazole rings is 1. The molecular formula is C22H27N5O3. The first-order valence-corrected chi connectivity index (χ1v) is 10.2. The molecule has 0 bridgehead atoms. The highest BCUT2D eigenvalue weighted by molar-refractivity contribution is 5.80. The first-order valence-electron chi connectivity index (χ1n) is 10.2. The first kappa shape index (κ1) is 20.3. The Kier molecular flexibility index (Phi) is 6.25. The fraction of sp³-hybridized carbons (Fsp3) is 0.409. The van der Waals surface area contributed by atoms with Crippen LogP contribution in [0.3, 0.4) is 0 Å². The molecule has 1 N–H and O–H groups in total. The van der Waals surface area contributed by atoms with Crippen molar-refractivity contribution in [3.63, 3.8) is 0 Å². The minimum Gasteiger partial charge on any atom is -0.457 e. The molecule has 1 aromatic carbocycles. The van der Waals surface area contributed by atoms with Crippen LogP contribution in [0.4, 0.5) is 5.95 Å². The Bertz CT molecular complexity index is 1030. The van der Waals surface area contributed by atoms with Crippen LogP contribution < -0.4 is 10.1 Å². The molecule has 2 aromatic heterocycles. The zero-order valence-corrected chi connectivity index (χ0v) is 17.4. The van der Waals surface area contributed by atoms with Crippen molar-refractivity contribution >= 4 is 22.8 Å². The predicted molar refractivity (Wildman–Crippen MR) is 115 cm³/mol. The number of pyridine rings is 1. The van der Waals surface area contributed by atoms with E-state index in [1.54, 1.807) is 25.3 Å². The number of nitrogens with one attached hydrogen (secondary N) is 1. The van der Waals surface area contributed by atoms with Crippen LogP contribution in [-0.2, 0) is 23.0 Å². The van der Waals surface area contributed by atoms with Crippen molar-refractivity contribution in [1.82, 2.24) is 19.4 Å². The zero-order chi connectivity index (χ0) is 20.9. The highest BCUT2D eigenvalue weighted by Gasteiger charge is 2.12. The van der Waals surface area contributed by atoms with E-state index in [2.05, 4.69) is 19.8 Å². The summed E-state index contributed by atoms with van der Waals surface area (Å²) in [5.41, 5.74) is 2.59. The summed E-state index contributed by atoms with van der Waals surface area (Å²) in [6.45, 7) is 6.92. The second-order valence-corrected chi connectivity index (χ2v) is 7.49. The molecule has 8 heteroatoms. The Morgan fingerprint density at radius 1 is 1.20 bits per heavy atom. The van der Waals surface area contributed by atoms with Gasteiger partial charge in [-0.3, -0.25) is 14.7 Å². The summed E-state index contributed by atoms with van der Waals surface area (Å²) in [5.74, 6) is 2.26. The van der Waals surface area contributed by atoms with E-state index in [1.807, 2.05) is 25.2 Å². The molecule has 1 saturated heterocycles. The van der Waals surface area contributed by atoms with E-state index in [1.165, 1.54) is 0 Å². The number of carbonyl (C=O) groups excluding carboxylic acids is 1. The molecule has 3 aromatic rings. The predicted octanol–water partition coefficient (Wildman–Crippen LogP) is 2.64. The van der Waals surface area contributed by atoms with Crippen molar-refractivity contribution in [3.05, 3.63) is 42.2 Å². The second-order valence-electron chi connectivity index (χ2n) is 7.49. The third-order valence-electron chi connectivity index (χ3n) is 5.12. The Morgan fingerprint density at radius 3 is 2.80 bits per heavy atom. The number of hydrogen-bond acceptors (Lipinski definition) is 7. The van der Waals surface area contributed by atoms with Crippen molar-refractivity contribution in [2.45, 2.75) is 13.3 Å². The Hall–Kier alpha value is -2.97. The highest BCUT2D eigenvalue weighted by atomic mass is 16.5. The number of carbonyl (C=O) groups is 1. The van der Waals surface area contributed by atoms with Gasteiger partial charge in [-0.05, 0) is 25.1 Å². The Morgan fingerprint density at radius 2 is 2.00 bits per heavy atom. The van der Waals surface area contributed by atoms with Gasteiger partial charge in [0.15, 0.2) is 0 Å². The number of ketones is 1. The average Bonchev–Trinajstić information content (AvgIpc) is 3.04. The molecule has 3 heterocycles. The number of nitrogens with zero attached hydrogens (tertiary/aromatic N) is 4. The highest BCUT2D eigenvalue weighted by Crippen LogP contribution is 2.27. The molecule has 30 heavy (non-hydrogen) atoms. The van der Waals surface area contributed by atoms with Gasteiger partial charge in [0.05, 0.1) is 29.9 Å². The van der Waals surface area contributed by atoms with Crippen LogP contribution in [0, 0.1) is 0 Å². The van der Waals surface area contributed by atoms with Crippen molar-refractivity contribution in [2.24, 2.45) is 7.05 Å². The van der Waals surface area contributed by atoms with E-state index in [0.29, 0.717) is 23.6 Å². The summed E-state index contributed by atoms with van der Waals surface area (Å²) < 4.78 is 13.4. The number of aromatic nitrogens is 3. The first-order chi connectivity index (χ1) is 14.6. The van der Waals surface area contributed by atoms with Crippen LogP contribution in [0.2, 0.25) is 0 Å². The van der Waals surface area contributed by atoms with Gasteiger partial charge in [-0.25, -0.2) is 4.98 Å². The van der Waals surface area contributed by atoms with Gasteiger partial charge in [-0.1, -0.05) is 0 Å². The lowest BCUT2D eigenvalue weighted by Gasteiger charge is -2.26. The quantitative estimate of drug-likeness (QED) is 0.612. The molecule has 0 amide bonds. The van der Waals surface area contributed by atoms with Crippen LogP contribution in [-0.4, -0.2) is 64.6 Å². The summed E-state index contributed by atoms with van der Waals surface area (Å²) in [5, 5.41) is 3.43. The van der Waals surface area contributed by atoms with E-state index in [-0.39, 0.29) is 5.78 Å². The maximum atomic E-state index is 11.3. The molecule has 8 nitrogen and oxygen atoms in total. The zero-order valence-electron chi connectivity index (χ0n) is 17.4. The third-order valence-corrected chi connectivity index (χ3v) is 5.12.